The molecule has 78 valence electrons. The highest BCUT2D eigenvalue weighted by molar-refractivity contribution is 4.85. The minimum Gasteiger partial charge on any atom is -0.393 e. The van der Waals surface area contributed by atoms with E-state index in [0.29, 0.717) is 6.42 Å². The summed E-state index contributed by atoms with van der Waals surface area (Å²) in [6.07, 6.45) is -5.13. The van der Waals surface area contributed by atoms with E-state index in [0.717, 1.165) is 0 Å². The van der Waals surface area contributed by atoms with Gasteiger partial charge < -0.3 is 25.5 Å². The normalized spacial score (nSPS) is 48.2. The van der Waals surface area contributed by atoms with Crippen LogP contribution in [0, 0.1) is 0 Å². The maximum atomic E-state index is 9.27. The fourth-order valence-corrected chi connectivity index (χ4v) is 1.53. The van der Waals surface area contributed by atoms with Crippen molar-refractivity contribution in [1.82, 2.24) is 0 Å². The Bertz CT molecular complexity index is 163. The number of aliphatic hydroxyl groups is 5. The molecule has 1 saturated carbocycles. The number of aliphatic hydroxyl groups excluding tert-OH is 5. The molecule has 0 amide bonds. The van der Waals surface area contributed by atoms with Gasteiger partial charge in [0.15, 0.2) is 0 Å². The van der Waals surface area contributed by atoms with Gasteiger partial charge >= 0.3 is 0 Å². The molecule has 0 aliphatic heterocycles. The molecule has 0 aromatic heterocycles. The largest absolute Gasteiger partial charge is 0.393 e. The lowest BCUT2D eigenvalue weighted by Crippen LogP contribution is -2.47. The summed E-state index contributed by atoms with van der Waals surface area (Å²) in [5.41, 5.74) is 0. The van der Waals surface area contributed by atoms with Crippen LogP contribution < -0.4 is 0 Å². The van der Waals surface area contributed by atoms with E-state index < -0.39 is 30.5 Å². The van der Waals surface area contributed by atoms with Crippen LogP contribution in [-0.4, -0.2) is 56.1 Å². The Morgan fingerprint density at radius 1 is 0.692 bits per heavy atom. The quantitative estimate of drug-likeness (QED) is 0.305. The monoisotopic (exact) mass is 192 g/mol. The Labute approximate surface area is 76.3 Å². The van der Waals surface area contributed by atoms with Crippen molar-refractivity contribution in [3.05, 3.63) is 0 Å². The molecule has 0 heterocycles. The van der Waals surface area contributed by atoms with Gasteiger partial charge in [-0.3, -0.25) is 0 Å². The van der Waals surface area contributed by atoms with Gasteiger partial charge in [0.1, 0.15) is 12.2 Å². The average Bonchev–Trinajstić information content (AvgIpc) is 2.10. The number of rotatable bonds is 0. The first-order valence-corrected chi connectivity index (χ1v) is 4.42. The molecule has 1 rings (SSSR count). The molecule has 13 heavy (non-hydrogen) atoms. The van der Waals surface area contributed by atoms with Crippen molar-refractivity contribution in [3.8, 4) is 0 Å². The van der Waals surface area contributed by atoms with Gasteiger partial charge in [0, 0.05) is 6.42 Å². The second-order valence-electron chi connectivity index (χ2n) is 3.58. The van der Waals surface area contributed by atoms with Crippen LogP contribution in [0.15, 0.2) is 0 Å². The van der Waals surface area contributed by atoms with E-state index in [1.54, 1.807) is 0 Å². The maximum absolute atomic E-state index is 9.27. The van der Waals surface area contributed by atoms with E-state index in [4.69, 9.17) is 0 Å². The Kier molecular flexibility index (Phi) is 3.63. The topological polar surface area (TPSA) is 101 Å². The molecule has 5 N–H and O–H groups in total. The van der Waals surface area contributed by atoms with Gasteiger partial charge in [-0.05, 0) is 12.8 Å². The van der Waals surface area contributed by atoms with Crippen LogP contribution in [0.5, 0.6) is 0 Å². The van der Waals surface area contributed by atoms with Gasteiger partial charge in [-0.25, -0.2) is 0 Å². The molecular formula is C8H16O5. The molecule has 1 fully saturated rings. The third-order valence-corrected chi connectivity index (χ3v) is 2.45. The maximum Gasteiger partial charge on any atom is 0.108 e. The molecule has 0 spiro atoms. The summed E-state index contributed by atoms with van der Waals surface area (Å²) in [6, 6.07) is 0. The Hall–Kier alpha value is -0.200. The molecule has 1 aliphatic rings. The van der Waals surface area contributed by atoms with Crippen molar-refractivity contribution in [2.45, 2.75) is 49.8 Å². The van der Waals surface area contributed by atoms with E-state index in [9.17, 15) is 25.5 Å². The zero-order valence-corrected chi connectivity index (χ0v) is 7.24. The van der Waals surface area contributed by atoms with Gasteiger partial charge in [0.2, 0.25) is 0 Å². The summed E-state index contributed by atoms with van der Waals surface area (Å²) in [4.78, 5) is 0. The fourth-order valence-electron chi connectivity index (χ4n) is 1.53. The third kappa shape index (κ3) is 2.62. The van der Waals surface area contributed by atoms with Gasteiger partial charge in [-0.15, -0.1) is 0 Å². The molecule has 1 aliphatic carbocycles. The minimum atomic E-state index is -1.38. The summed E-state index contributed by atoms with van der Waals surface area (Å²) in [5.74, 6) is 0. The first kappa shape index (κ1) is 10.9. The lowest BCUT2D eigenvalue weighted by atomic mass is 9.90. The smallest absolute Gasteiger partial charge is 0.108 e. The van der Waals surface area contributed by atoms with Gasteiger partial charge in [0.25, 0.3) is 0 Å². The van der Waals surface area contributed by atoms with Gasteiger partial charge in [-0.1, -0.05) is 0 Å². The van der Waals surface area contributed by atoms with Crippen LogP contribution in [0.4, 0.5) is 0 Å². The molecule has 0 aromatic rings. The predicted molar refractivity (Wildman–Crippen MR) is 43.9 cm³/mol. The molecule has 5 nitrogen and oxygen atoms in total. The van der Waals surface area contributed by atoms with Crippen molar-refractivity contribution in [2.75, 3.05) is 0 Å². The van der Waals surface area contributed by atoms with E-state index in [1.165, 1.54) is 0 Å². The third-order valence-electron chi connectivity index (χ3n) is 2.45. The zero-order chi connectivity index (χ0) is 10.0. The van der Waals surface area contributed by atoms with Crippen LogP contribution in [0.3, 0.4) is 0 Å². The number of hydrogen-bond acceptors (Lipinski definition) is 5. The molecule has 0 unspecified atom stereocenters. The van der Waals surface area contributed by atoms with E-state index in [-0.39, 0.29) is 12.8 Å². The van der Waals surface area contributed by atoms with Crippen molar-refractivity contribution in [3.63, 3.8) is 0 Å². The fraction of sp³-hybridized carbons (Fsp3) is 1.00. The molecule has 0 bridgehead atoms. The SMILES string of the molecule is O[C@H]1CC[C@H](O)[C@@H](O)[C@H](O)[C@@H](O)C1. The van der Waals surface area contributed by atoms with Gasteiger partial charge in [-0.2, -0.15) is 0 Å². The standard InChI is InChI=1S/C8H16O5/c9-4-1-2-5(10)7(12)8(13)6(11)3-4/h4-13H,1-3H2/t4-,5-,6-,7+,8+/m0/s1. The predicted octanol–water partition coefficient (Wildman–Crippen LogP) is -2.03. The summed E-state index contributed by atoms with van der Waals surface area (Å²) in [5, 5.41) is 46.3. The van der Waals surface area contributed by atoms with Crippen LogP contribution >= 0.6 is 0 Å². The Morgan fingerprint density at radius 3 is 1.85 bits per heavy atom. The number of hydrogen-bond donors (Lipinski definition) is 5. The van der Waals surface area contributed by atoms with E-state index >= 15 is 0 Å². The van der Waals surface area contributed by atoms with Crippen molar-refractivity contribution >= 4 is 0 Å². The van der Waals surface area contributed by atoms with Crippen molar-refractivity contribution < 1.29 is 25.5 Å². The average molecular weight is 192 g/mol. The second-order valence-corrected chi connectivity index (χ2v) is 3.58. The Morgan fingerprint density at radius 2 is 1.23 bits per heavy atom. The highest BCUT2D eigenvalue weighted by Gasteiger charge is 2.33. The van der Waals surface area contributed by atoms with Crippen LogP contribution in [0.25, 0.3) is 0 Å². The van der Waals surface area contributed by atoms with E-state index in [2.05, 4.69) is 0 Å². The zero-order valence-electron chi connectivity index (χ0n) is 7.24. The second kappa shape index (κ2) is 4.34. The summed E-state index contributed by atoms with van der Waals surface area (Å²) in [6.45, 7) is 0. The Balaban J connectivity index is 2.62. The molecule has 5 atom stereocenters. The summed E-state index contributed by atoms with van der Waals surface area (Å²) in [7, 11) is 0. The lowest BCUT2D eigenvalue weighted by molar-refractivity contribution is -0.126. The highest BCUT2D eigenvalue weighted by Crippen LogP contribution is 2.19. The molecule has 0 saturated heterocycles. The lowest BCUT2D eigenvalue weighted by Gasteiger charge is -2.30. The molecule has 5 heteroatoms. The van der Waals surface area contributed by atoms with Crippen molar-refractivity contribution in [1.29, 1.82) is 0 Å². The molecule has 0 radical (unpaired) electrons. The van der Waals surface area contributed by atoms with Crippen LogP contribution in [-0.2, 0) is 0 Å². The first-order valence-electron chi connectivity index (χ1n) is 4.42. The summed E-state index contributed by atoms with van der Waals surface area (Å²) < 4.78 is 0. The molecule has 0 aromatic carbocycles. The van der Waals surface area contributed by atoms with Crippen LogP contribution in [0.2, 0.25) is 0 Å². The highest BCUT2D eigenvalue weighted by atomic mass is 16.4. The van der Waals surface area contributed by atoms with E-state index in [1.807, 2.05) is 0 Å². The molecular weight excluding hydrogens is 176 g/mol. The summed E-state index contributed by atoms with van der Waals surface area (Å²) >= 11 is 0. The first-order chi connectivity index (χ1) is 6.02. The van der Waals surface area contributed by atoms with Crippen molar-refractivity contribution in [2.24, 2.45) is 0 Å². The van der Waals surface area contributed by atoms with Crippen LogP contribution in [0.1, 0.15) is 19.3 Å². The minimum absolute atomic E-state index is 0.0327. The van der Waals surface area contributed by atoms with Gasteiger partial charge in [0.05, 0.1) is 18.3 Å².